The van der Waals surface area contributed by atoms with E-state index < -0.39 is 5.97 Å². The third-order valence-electron chi connectivity index (χ3n) is 4.28. The van der Waals surface area contributed by atoms with Crippen molar-refractivity contribution >= 4 is 28.7 Å². The van der Waals surface area contributed by atoms with Crippen molar-refractivity contribution in [2.45, 2.75) is 0 Å². The number of thiophene rings is 1. The van der Waals surface area contributed by atoms with E-state index >= 15 is 0 Å². The molecular formula is C22H18O5S. The zero-order valence-electron chi connectivity index (χ0n) is 15.4. The summed E-state index contributed by atoms with van der Waals surface area (Å²) < 4.78 is 10.9. The molecule has 0 atom stereocenters. The summed E-state index contributed by atoms with van der Waals surface area (Å²) in [6.07, 6.45) is 0. The fourth-order valence-electron chi connectivity index (χ4n) is 2.85. The van der Waals surface area contributed by atoms with Gasteiger partial charge in [-0.15, -0.1) is 11.3 Å². The monoisotopic (exact) mass is 394 g/mol. The molecule has 0 unspecified atom stereocenters. The van der Waals surface area contributed by atoms with Crippen LogP contribution in [0, 0.1) is 0 Å². The van der Waals surface area contributed by atoms with Gasteiger partial charge in [0.15, 0.2) is 5.78 Å². The van der Waals surface area contributed by atoms with Crippen molar-refractivity contribution in [1.29, 1.82) is 0 Å². The normalized spacial score (nSPS) is 10.4. The van der Waals surface area contributed by atoms with Crippen molar-refractivity contribution in [2.24, 2.45) is 0 Å². The van der Waals surface area contributed by atoms with E-state index in [4.69, 9.17) is 14.6 Å². The van der Waals surface area contributed by atoms with Crippen molar-refractivity contribution in [3.8, 4) is 21.9 Å². The molecule has 0 radical (unpaired) electrons. The molecule has 0 spiro atoms. The first-order valence-corrected chi connectivity index (χ1v) is 9.21. The van der Waals surface area contributed by atoms with Crippen LogP contribution in [0.1, 0.15) is 26.3 Å². The molecule has 0 bridgehead atoms. The zero-order valence-corrected chi connectivity index (χ0v) is 16.2. The van der Waals surface area contributed by atoms with Crippen LogP contribution in [0.2, 0.25) is 0 Å². The number of hydrogen-bond acceptors (Lipinski definition) is 5. The molecule has 5 nitrogen and oxygen atoms in total. The largest absolute Gasteiger partial charge is 0.496 e. The van der Waals surface area contributed by atoms with Gasteiger partial charge in [0.25, 0.3) is 0 Å². The van der Waals surface area contributed by atoms with E-state index in [9.17, 15) is 9.59 Å². The first-order valence-electron chi connectivity index (χ1n) is 8.33. The van der Waals surface area contributed by atoms with E-state index in [1.165, 1.54) is 25.3 Å². The number of hydrogen-bond donors (Lipinski definition) is 1. The highest BCUT2D eigenvalue weighted by Gasteiger charge is 2.21. The predicted octanol–water partition coefficient (Wildman–Crippen LogP) is 5.03. The maximum Gasteiger partial charge on any atom is 0.335 e. The summed E-state index contributed by atoms with van der Waals surface area (Å²) in [5.41, 5.74) is 1.85. The third kappa shape index (κ3) is 3.68. The molecule has 1 N–H and O–H groups in total. The standard InChI is InChI=1S/C22H18O5S/c1-13(21(23)14-6-4-7-15(10-14)22(24)25)16-11-17(20-8-5-9-28-20)19(27-3)12-18(16)26-2/h4-12H,1H2,2-3H3,(H,24,25). The van der Waals surface area contributed by atoms with E-state index in [1.807, 2.05) is 23.6 Å². The summed E-state index contributed by atoms with van der Waals surface area (Å²) >= 11 is 1.55. The Morgan fingerprint density at radius 3 is 2.29 bits per heavy atom. The molecule has 2 aromatic carbocycles. The lowest BCUT2D eigenvalue weighted by atomic mass is 9.94. The molecule has 3 aromatic rings. The van der Waals surface area contributed by atoms with Gasteiger partial charge in [0, 0.05) is 33.2 Å². The SMILES string of the molecule is C=C(C(=O)c1cccc(C(=O)O)c1)c1cc(-c2cccs2)c(OC)cc1OC. The average molecular weight is 394 g/mol. The molecular weight excluding hydrogens is 376 g/mol. The Labute approximate surface area is 166 Å². The Morgan fingerprint density at radius 1 is 0.964 bits per heavy atom. The second-order valence-electron chi connectivity index (χ2n) is 5.92. The number of carboxylic acid groups (broad SMARTS) is 1. The van der Waals surface area contributed by atoms with E-state index in [0.717, 1.165) is 10.4 Å². The van der Waals surface area contributed by atoms with Crippen molar-refractivity contribution in [2.75, 3.05) is 14.2 Å². The minimum Gasteiger partial charge on any atom is -0.496 e. The Morgan fingerprint density at radius 2 is 1.68 bits per heavy atom. The van der Waals surface area contributed by atoms with Gasteiger partial charge in [-0.1, -0.05) is 24.8 Å². The second-order valence-corrected chi connectivity index (χ2v) is 6.87. The summed E-state index contributed by atoms with van der Waals surface area (Å²) in [7, 11) is 3.08. The molecule has 6 heteroatoms. The molecule has 0 aliphatic carbocycles. The van der Waals surface area contributed by atoms with Crippen LogP contribution < -0.4 is 9.47 Å². The molecule has 0 aliphatic heterocycles. The number of carbonyl (C=O) groups is 2. The van der Waals surface area contributed by atoms with E-state index in [0.29, 0.717) is 17.1 Å². The second kappa shape index (κ2) is 8.10. The van der Waals surface area contributed by atoms with Crippen molar-refractivity contribution in [3.05, 3.63) is 77.2 Å². The highest BCUT2D eigenvalue weighted by Crippen LogP contribution is 2.40. The topological polar surface area (TPSA) is 72.8 Å². The van der Waals surface area contributed by atoms with E-state index in [-0.39, 0.29) is 22.5 Å². The first-order chi connectivity index (χ1) is 13.5. The van der Waals surface area contributed by atoms with Crippen LogP contribution in [0.3, 0.4) is 0 Å². The quantitative estimate of drug-likeness (QED) is 0.450. The third-order valence-corrected chi connectivity index (χ3v) is 5.18. The number of carbonyl (C=O) groups excluding carboxylic acids is 1. The zero-order chi connectivity index (χ0) is 20.3. The van der Waals surface area contributed by atoms with Gasteiger partial charge in [-0.05, 0) is 29.6 Å². The molecule has 28 heavy (non-hydrogen) atoms. The van der Waals surface area contributed by atoms with Crippen LogP contribution in [0.25, 0.3) is 16.0 Å². The van der Waals surface area contributed by atoms with Gasteiger partial charge in [0.05, 0.1) is 19.8 Å². The van der Waals surface area contributed by atoms with Gasteiger partial charge >= 0.3 is 5.97 Å². The molecule has 0 saturated carbocycles. The first kappa shape index (κ1) is 19.4. The Bertz CT molecular complexity index is 1050. The summed E-state index contributed by atoms with van der Waals surface area (Å²) in [5, 5.41) is 11.1. The number of Topliss-reactive ketones (excluding diaryl/α,β-unsaturated/α-hetero) is 1. The fourth-order valence-corrected chi connectivity index (χ4v) is 3.60. The Kier molecular flexibility index (Phi) is 5.61. The number of rotatable bonds is 7. The van der Waals surface area contributed by atoms with E-state index in [2.05, 4.69) is 6.58 Å². The highest BCUT2D eigenvalue weighted by molar-refractivity contribution is 7.13. The van der Waals surface area contributed by atoms with Gasteiger partial charge in [-0.25, -0.2) is 4.79 Å². The lowest BCUT2D eigenvalue weighted by molar-refractivity contribution is 0.0697. The van der Waals surface area contributed by atoms with Gasteiger partial charge in [0.2, 0.25) is 0 Å². The minimum atomic E-state index is -1.10. The van der Waals surface area contributed by atoms with Crippen LogP contribution in [0.15, 0.2) is 60.5 Å². The van der Waals surface area contributed by atoms with Crippen molar-refractivity contribution in [3.63, 3.8) is 0 Å². The molecule has 0 aliphatic rings. The lowest BCUT2D eigenvalue weighted by Crippen LogP contribution is -2.06. The fraction of sp³-hybridized carbons (Fsp3) is 0.0909. The molecule has 0 fully saturated rings. The number of benzene rings is 2. The van der Waals surface area contributed by atoms with Crippen LogP contribution in [0.4, 0.5) is 0 Å². The van der Waals surface area contributed by atoms with Crippen molar-refractivity contribution in [1.82, 2.24) is 0 Å². The number of allylic oxidation sites excluding steroid dienone is 1. The maximum absolute atomic E-state index is 13.0. The number of carboxylic acids is 1. The average Bonchev–Trinajstić information content (AvgIpc) is 3.26. The minimum absolute atomic E-state index is 0.0413. The van der Waals surface area contributed by atoms with Gasteiger partial charge in [-0.3, -0.25) is 4.79 Å². The molecule has 142 valence electrons. The highest BCUT2D eigenvalue weighted by atomic mass is 32.1. The summed E-state index contributed by atoms with van der Waals surface area (Å²) in [6, 6.07) is 13.3. The molecule has 3 rings (SSSR count). The van der Waals surface area contributed by atoms with Crippen molar-refractivity contribution < 1.29 is 24.2 Å². The molecule has 0 saturated heterocycles. The summed E-state index contributed by atoms with van der Waals surface area (Å²) in [6.45, 7) is 3.95. The molecule has 0 amide bonds. The van der Waals surface area contributed by atoms with Crippen LogP contribution in [-0.4, -0.2) is 31.1 Å². The number of aromatic carboxylic acids is 1. The summed E-state index contributed by atoms with van der Waals surface area (Å²) in [5.74, 6) is -0.396. The Balaban J connectivity index is 2.08. The maximum atomic E-state index is 13.0. The van der Waals surface area contributed by atoms with Gasteiger partial charge in [-0.2, -0.15) is 0 Å². The van der Waals surface area contributed by atoms with Gasteiger partial charge < -0.3 is 14.6 Å². The van der Waals surface area contributed by atoms with Crippen LogP contribution >= 0.6 is 11.3 Å². The molecule has 1 aromatic heterocycles. The van der Waals surface area contributed by atoms with Crippen LogP contribution in [0.5, 0.6) is 11.5 Å². The predicted molar refractivity (Wildman–Crippen MR) is 110 cm³/mol. The molecule has 1 heterocycles. The summed E-state index contributed by atoms with van der Waals surface area (Å²) in [4.78, 5) is 25.1. The number of ketones is 1. The Hall–Kier alpha value is -3.38. The lowest BCUT2D eigenvalue weighted by Gasteiger charge is -2.15. The van der Waals surface area contributed by atoms with E-state index in [1.54, 1.807) is 30.6 Å². The van der Waals surface area contributed by atoms with Gasteiger partial charge in [0.1, 0.15) is 11.5 Å². The number of methoxy groups -OCH3 is 2. The number of ether oxygens (including phenoxy) is 2. The van der Waals surface area contributed by atoms with Crippen LogP contribution in [-0.2, 0) is 0 Å². The smallest absolute Gasteiger partial charge is 0.335 e.